The Morgan fingerprint density at radius 3 is 2.22 bits per heavy atom. The van der Waals surface area contributed by atoms with Crippen molar-refractivity contribution in [2.75, 3.05) is 45.1 Å². The second-order valence-electron chi connectivity index (χ2n) is 5.66. The van der Waals surface area contributed by atoms with Crippen LogP contribution in [-0.2, 0) is 9.59 Å². The number of nitrogens with one attached hydrogen (secondary N) is 2. The molecule has 1 aromatic carbocycles. The second kappa shape index (κ2) is 10.3. The predicted octanol–water partition coefficient (Wildman–Crippen LogP) is 1.40. The molecule has 2 amide bonds. The number of hydrogen-bond acceptors (Lipinski definition) is 3. The molecule has 0 radical (unpaired) electrons. The fourth-order valence-corrected chi connectivity index (χ4v) is 2.54. The molecule has 150 valence electrons. The molecule has 0 atom stereocenters. The Hall–Kier alpha value is -2.05. The number of anilines is 1. The lowest BCUT2D eigenvalue weighted by Crippen LogP contribution is -2.54. The third-order valence-electron chi connectivity index (χ3n) is 3.95. The number of amides is 2. The van der Waals surface area contributed by atoms with Crippen LogP contribution in [-0.4, -0.2) is 67.3 Å². The number of benzene rings is 1. The summed E-state index contributed by atoms with van der Waals surface area (Å²) in [6.07, 6.45) is 0. The summed E-state index contributed by atoms with van der Waals surface area (Å²) in [5.74, 6) is -4.62. The highest BCUT2D eigenvalue weighted by Crippen LogP contribution is 2.19. The number of nitrogens with zero attached hydrogens (tertiary/aromatic N) is 3. The van der Waals surface area contributed by atoms with Gasteiger partial charge in [0.2, 0.25) is 11.8 Å². The van der Waals surface area contributed by atoms with Crippen LogP contribution in [0.1, 0.15) is 6.92 Å². The van der Waals surface area contributed by atoms with Crippen molar-refractivity contribution in [3.05, 3.63) is 29.6 Å². The van der Waals surface area contributed by atoms with Crippen LogP contribution in [0.3, 0.4) is 0 Å². The van der Waals surface area contributed by atoms with E-state index in [-0.39, 0.29) is 36.4 Å². The van der Waals surface area contributed by atoms with Crippen LogP contribution in [0.2, 0.25) is 0 Å². The van der Waals surface area contributed by atoms with E-state index in [1.165, 1.54) is 6.92 Å². The summed E-state index contributed by atoms with van der Waals surface area (Å²) in [5, 5.41) is 4.99. The number of rotatable bonds is 3. The normalized spacial score (nSPS) is 14.5. The lowest BCUT2D eigenvalue weighted by molar-refractivity contribution is -0.130. The molecule has 1 aliphatic rings. The molecule has 0 unspecified atom stereocenters. The van der Waals surface area contributed by atoms with Gasteiger partial charge in [-0.1, -0.05) is 0 Å². The van der Waals surface area contributed by atoms with Crippen molar-refractivity contribution in [3.8, 4) is 0 Å². The van der Waals surface area contributed by atoms with E-state index in [9.17, 15) is 22.8 Å². The first-order valence-corrected chi connectivity index (χ1v) is 7.98. The van der Waals surface area contributed by atoms with Gasteiger partial charge in [0.25, 0.3) is 0 Å². The zero-order chi connectivity index (χ0) is 19.3. The molecule has 2 N–H and O–H groups in total. The topological polar surface area (TPSA) is 77.0 Å². The molecule has 1 aromatic rings. The Morgan fingerprint density at radius 2 is 1.67 bits per heavy atom. The molecule has 0 aliphatic carbocycles. The number of carbonyl (C=O) groups is 2. The molecule has 1 fully saturated rings. The third kappa shape index (κ3) is 5.97. The van der Waals surface area contributed by atoms with Crippen LogP contribution in [0.5, 0.6) is 0 Å². The maximum absolute atomic E-state index is 13.6. The maximum Gasteiger partial charge on any atom is 0.243 e. The molecule has 1 heterocycles. The SMILES string of the molecule is CN=C(NCC(=O)Nc1ccc(F)c(F)c1F)N1CCN(C(C)=O)CC1.I. The Labute approximate surface area is 172 Å². The number of piperazine rings is 1. The monoisotopic (exact) mass is 499 g/mol. The molecule has 0 spiro atoms. The first-order chi connectivity index (χ1) is 12.3. The van der Waals surface area contributed by atoms with Crippen LogP contribution in [0.25, 0.3) is 0 Å². The maximum atomic E-state index is 13.6. The van der Waals surface area contributed by atoms with Crippen molar-refractivity contribution in [1.82, 2.24) is 15.1 Å². The van der Waals surface area contributed by atoms with Crippen molar-refractivity contribution in [2.45, 2.75) is 6.92 Å². The van der Waals surface area contributed by atoms with E-state index >= 15 is 0 Å². The van der Waals surface area contributed by atoms with Gasteiger partial charge in [0.15, 0.2) is 23.4 Å². The van der Waals surface area contributed by atoms with Crippen molar-refractivity contribution < 1.29 is 22.8 Å². The summed E-state index contributed by atoms with van der Waals surface area (Å²) in [6, 6.07) is 1.68. The lowest BCUT2D eigenvalue weighted by atomic mass is 10.2. The van der Waals surface area contributed by atoms with Gasteiger partial charge >= 0.3 is 0 Å². The van der Waals surface area contributed by atoms with Gasteiger partial charge in [-0.25, -0.2) is 13.2 Å². The fourth-order valence-electron chi connectivity index (χ4n) is 2.54. The molecule has 27 heavy (non-hydrogen) atoms. The van der Waals surface area contributed by atoms with Gasteiger partial charge in [0.05, 0.1) is 12.2 Å². The van der Waals surface area contributed by atoms with Crippen molar-refractivity contribution >= 4 is 47.4 Å². The molecule has 7 nitrogen and oxygen atoms in total. The summed E-state index contributed by atoms with van der Waals surface area (Å²) >= 11 is 0. The standard InChI is InChI=1S/C16H20F3N5O2.HI/c1-10(25)23-5-7-24(8-6-23)16(20-2)21-9-13(26)22-12-4-3-11(17)14(18)15(12)19;/h3-4H,5-9H2,1-2H3,(H,20,21)(H,22,26);1H. The van der Waals surface area contributed by atoms with Gasteiger partial charge in [-0.3, -0.25) is 14.6 Å². The van der Waals surface area contributed by atoms with E-state index in [0.29, 0.717) is 32.1 Å². The smallest absolute Gasteiger partial charge is 0.243 e. The fraction of sp³-hybridized carbons (Fsp3) is 0.438. The van der Waals surface area contributed by atoms with Crippen molar-refractivity contribution in [2.24, 2.45) is 4.99 Å². The van der Waals surface area contributed by atoms with Gasteiger partial charge in [-0.2, -0.15) is 0 Å². The Kier molecular flexibility index (Phi) is 8.79. The van der Waals surface area contributed by atoms with Gasteiger partial charge in [-0.05, 0) is 12.1 Å². The predicted molar refractivity (Wildman–Crippen MR) is 106 cm³/mol. The lowest BCUT2D eigenvalue weighted by Gasteiger charge is -2.36. The minimum Gasteiger partial charge on any atom is -0.347 e. The van der Waals surface area contributed by atoms with E-state index in [4.69, 9.17) is 0 Å². The first-order valence-electron chi connectivity index (χ1n) is 7.98. The minimum absolute atomic E-state index is 0. The number of carbonyl (C=O) groups excluding carboxylic acids is 2. The van der Waals surface area contributed by atoms with Gasteiger partial charge in [-0.15, -0.1) is 24.0 Å². The number of guanidine groups is 1. The molecule has 2 rings (SSSR count). The number of aliphatic imine (C=N–C) groups is 1. The molecule has 0 saturated carbocycles. The number of hydrogen-bond donors (Lipinski definition) is 2. The average Bonchev–Trinajstić information content (AvgIpc) is 2.63. The highest BCUT2D eigenvalue weighted by Gasteiger charge is 2.21. The van der Waals surface area contributed by atoms with Gasteiger partial charge < -0.3 is 20.4 Å². The third-order valence-corrected chi connectivity index (χ3v) is 3.95. The molecule has 11 heteroatoms. The molecule has 1 saturated heterocycles. The first kappa shape index (κ1) is 23.0. The van der Waals surface area contributed by atoms with E-state index < -0.39 is 29.0 Å². The van der Waals surface area contributed by atoms with Crippen molar-refractivity contribution in [1.29, 1.82) is 0 Å². The van der Waals surface area contributed by atoms with Gasteiger partial charge in [0, 0.05) is 40.2 Å². The zero-order valence-electron chi connectivity index (χ0n) is 14.9. The van der Waals surface area contributed by atoms with Crippen LogP contribution in [0, 0.1) is 17.5 Å². The molecule has 1 aliphatic heterocycles. The van der Waals surface area contributed by atoms with Gasteiger partial charge in [0.1, 0.15) is 0 Å². The summed E-state index contributed by atoms with van der Waals surface area (Å²) < 4.78 is 39.6. The van der Waals surface area contributed by atoms with E-state index in [0.717, 1.165) is 12.1 Å². The van der Waals surface area contributed by atoms with E-state index in [1.807, 2.05) is 4.90 Å². The summed E-state index contributed by atoms with van der Waals surface area (Å²) in [6.45, 7) is 3.46. The quantitative estimate of drug-likeness (QED) is 0.286. The summed E-state index contributed by atoms with van der Waals surface area (Å²) in [7, 11) is 1.55. The number of halogens is 4. The summed E-state index contributed by atoms with van der Waals surface area (Å²) in [5.41, 5.74) is -0.444. The average molecular weight is 499 g/mol. The highest BCUT2D eigenvalue weighted by molar-refractivity contribution is 14.0. The van der Waals surface area contributed by atoms with Crippen LogP contribution in [0.15, 0.2) is 17.1 Å². The Balaban J connectivity index is 0.00000364. The summed E-state index contributed by atoms with van der Waals surface area (Å²) in [4.78, 5) is 30.9. The van der Waals surface area contributed by atoms with E-state index in [2.05, 4.69) is 15.6 Å². The zero-order valence-corrected chi connectivity index (χ0v) is 17.2. The van der Waals surface area contributed by atoms with Crippen LogP contribution < -0.4 is 10.6 Å². The second-order valence-corrected chi connectivity index (χ2v) is 5.66. The van der Waals surface area contributed by atoms with Crippen LogP contribution in [0.4, 0.5) is 18.9 Å². The van der Waals surface area contributed by atoms with Crippen molar-refractivity contribution in [3.63, 3.8) is 0 Å². The van der Waals surface area contributed by atoms with E-state index in [1.54, 1.807) is 11.9 Å². The Bertz CT molecular complexity index is 724. The molecular weight excluding hydrogens is 478 g/mol. The highest BCUT2D eigenvalue weighted by atomic mass is 127. The van der Waals surface area contributed by atoms with Crippen LogP contribution >= 0.6 is 24.0 Å². The molecular formula is C16H21F3IN5O2. The minimum atomic E-state index is -1.64. The molecule has 0 aromatic heterocycles. The molecule has 0 bridgehead atoms. The largest absolute Gasteiger partial charge is 0.347 e. The Morgan fingerprint density at radius 1 is 1.07 bits per heavy atom.